The van der Waals surface area contributed by atoms with Gasteiger partial charge in [-0.15, -0.1) is 10.2 Å². The van der Waals surface area contributed by atoms with E-state index in [-0.39, 0.29) is 0 Å². The van der Waals surface area contributed by atoms with Crippen molar-refractivity contribution in [1.29, 1.82) is 0 Å². The average molecular weight is 240 g/mol. The second-order valence-corrected chi connectivity index (χ2v) is 4.11. The molecule has 1 aromatic heterocycles. The maximum Gasteiger partial charge on any atom is 0.240 e. The lowest BCUT2D eigenvalue weighted by Crippen LogP contribution is -1.81. The molecular formula is C15H16N2O. The lowest BCUT2D eigenvalue weighted by Gasteiger charge is -2.01. The van der Waals surface area contributed by atoms with Crippen molar-refractivity contribution in [3.05, 3.63) is 53.2 Å². The Kier molecular flexibility index (Phi) is 3.72. The van der Waals surface area contributed by atoms with Crippen molar-refractivity contribution < 1.29 is 4.42 Å². The van der Waals surface area contributed by atoms with Gasteiger partial charge in [0.15, 0.2) is 0 Å². The van der Waals surface area contributed by atoms with Gasteiger partial charge in [0.1, 0.15) is 0 Å². The van der Waals surface area contributed by atoms with Gasteiger partial charge in [0, 0.05) is 13.0 Å². The van der Waals surface area contributed by atoms with Crippen LogP contribution in [0.2, 0.25) is 0 Å². The summed E-state index contributed by atoms with van der Waals surface area (Å²) in [6, 6.07) is 8.35. The van der Waals surface area contributed by atoms with E-state index in [4.69, 9.17) is 4.42 Å². The van der Waals surface area contributed by atoms with Crippen LogP contribution < -0.4 is 0 Å². The molecule has 0 aliphatic rings. The van der Waals surface area contributed by atoms with Crippen LogP contribution in [0.25, 0.3) is 17.7 Å². The van der Waals surface area contributed by atoms with Crippen LogP contribution in [0.3, 0.4) is 0 Å². The largest absolute Gasteiger partial charge is 0.422 e. The number of aryl methyl sites for hydroxylation is 1. The number of hydrogen-bond acceptors (Lipinski definition) is 3. The fourth-order valence-corrected chi connectivity index (χ4v) is 1.69. The van der Waals surface area contributed by atoms with E-state index in [1.165, 1.54) is 5.56 Å². The zero-order chi connectivity index (χ0) is 13.0. The summed E-state index contributed by atoms with van der Waals surface area (Å²) in [5.74, 6) is 1.13. The summed E-state index contributed by atoms with van der Waals surface area (Å²) in [4.78, 5) is 0. The molecule has 0 amide bonds. The number of aromatic nitrogens is 2. The molecule has 18 heavy (non-hydrogen) atoms. The molecule has 0 N–H and O–H groups in total. The molecule has 0 unspecified atom stereocenters. The topological polar surface area (TPSA) is 38.9 Å². The quantitative estimate of drug-likeness (QED) is 0.814. The van der Waals surface area contributed by atoms with Crippen molar-refractivity contribution in [2.24, 2.45) is 0 Å². The molecule has 2 aromatic rings. The standard InChI is InChI=1S/C15H16N2O/c1-4-5-13-6-8-14(9-7-13)11(2)10-15-17-16-12(3)18-15/h4-10H,1-3H3/b5-4?,11-10+. The van der Waals surface area contributed by atoms with Crippen LogP contribution >= 0.6 is 0 Å². The van der Waals surface area contributed by atoms with E-state index in [2.05, 4.69) is 40.5 Å². The van der Waals surface area contributed by atoms with Crippen molar-refractivity contribution in [2.45, 2.75) is 20.8 Å². The zero-order valence-corrected chi connectivity index (χ0v) is 10.8. The van der Waals surface area contributed by atoms with Gasteiger partial charge in [0.05, 0.1) is 0 Å². The summed E-state index contributed by atoms with van der Waals surface area (Å²) in [6.45, 7) is 5.83. The average Bonchev–Trinajstić information content (AvgIpc) is 2.76. The van der Waals surface area contributed by atoms with E-state index in [1.54, 1.807) is 6.92 Å². The molecule has 0 aliphatic heterocycles. The Morgan fingerprint density at radius 1 is 1.17 bits per heavy atom. The van der Waals surface area contributed by atoms with E-state index in [1.807, 2.05) is 26.0 Å². The Labute approximate surface area is 107 Å². The van der Waals surface area contributed by atoms with Gasteiger partial charge in [-0.05, 0) is 30.5 Å². The summed E-state index contributed by atoms with van der Waals surface area (Å²) in [5, 5.41) is 7.76. The van der Waals surface area contributed by atoms with Crippen molar-refractivity contribution in [2.75, 3.05) is 0 Å². The minimum Gasteiger partial charge on any atom is -0.422 e. The van der Waals surface area contributed by atoms with Gasteiger partial charge in [-0.25, -0.2) is 0 Å². The Morgan fingerprint density at radius 2 is 1.89 bits per heavy atom. The lowest BCUT2D eigenvalue weighted by molar-refractivity contribution is 0.509. The Hall–Kier alpha value is -2.16. The molecule has 1 heterocycles. The normalized spacial score (nSPS) is 12.3. The summed E-state index contributed by atoms with van der Waals surface area (Å²) >= 11 is 0. The van der Waals surface area contributed by atoms with Gasteiger partial charge < -0.3 is 4.42 Å². The van der Waals surface area contributed by atoms with Crippen LogP contribution in [0.1, 0.15) is 36.8 Å². The SMILES string of the molecule is CC=Cc1ccc(/C(C)=C/c2nnc(C)o2)cc1. The first kappa shape index (κ1) is 12.3. The summed E-state index contributed by atoms with van der Waals surface area (Å²) in [6.07, 6.45) is 5.99. The van der Waals surface area contributed by atoms with Gasteiger partial charge in [0.25, 0.3) is 0 Å². The summed E-state index contributed by atoms with van der Waals surface area (Å²) in [5.41, 5.74) is 3.45. The Morgan fingerprint density at radius 3 is 2.44 bits per heavy atom. The van der Waals surface area contributed by atoms with Crippen molar-refractivity contribution >= 4 is 17.7 Å². The highest BCUT2D eigenvalue weighted by Crippen LogP contribution is 2.18. The second kappa shape index (κ2) is 5.45. The van der Waals surface area contributed by atoms with Gasteiger partial charge in [-0.2, -0.15) is 0 Å². The van der Waals surface area contributed by atoms with Crippen LogP contribution in [0.5, 0.6) is 0 Å². The minimum atomic E-state index is 0.544. The van der Waals surface area contributed by atoms with E-state index >= 15 is 0 Å². The highest BCUT2D eigenvalue weighted by atomic mass is 16.4. The molecule has 2 rings (SSSR count). The molecule has 0 saturated carbocycles. The van der Waals surface area contributed by atoms with Crippen LogP contribution in [-0.4, -0.2) is 10.2 Å². The summed E-state index contributed by atoms with van der Waals surface area (Å²) < 4.78 is 5.33. The molecule has 3 heteroatoms. The van der Waals surface area contributed by atoms with Gasteiger partial charge in [0.2, 0.25) is 11.8 Å². The monoisotopic (exact) mass is 240 g/mol. The molecule has 0 spiro atoms. The number of rotatable bonds is 3. The van der Waals surface area contributed by atoms with E-state index in [0.717, 1.165) is 11.1 Å². The van der Waals surface area contributed by atoms with E-state index in [9.17, 15) is 0 Å². The molecule has 92 valence electrons. The van der Waals surface area contributed by atoms with Gasteiger partial charge >= 0.3 is 0 Å². The van der Waals surface area contributed by atoms with Crippen molar-refractivity contribution in [1.82, 2.24) is 10.2 Å². The third-order valence-corrected chi connectivity index (χ3v) is 2.61. The number of nitrogens with zero attached hydrogens (tertiary/aromatic N) is 2. The second-order valence-electron chi connectivity index (χ2n) is 4.11. The highest BCUT2D eigenvalue weighted by molar-refractivity contribution is 5.78. The molecule has 0 atom stereocenters. The molecular weight excluding hydrogens is 224 g/mol. The molecule has 0 fully saturated rings. The molecule has 0 bridgehead atoms. The van der Waals surface area contributed by atoms with E-state index in [0.29, 0.717) is 11.8 Å². The first-order valence-electron chi connectivity index (χ1n) is 5.90. The third kappa shape index (κ3) is 2.94. The van der Waals surface area contributed by atoms with Crippen molar-refractivity contribution in [3.8, 4) is 0 Å². The first-order valence-corrected chi connectivity index (χ1v) is 5.90. The fourth-order valence-electron chi connectivity index (χ4n) is 1.69. The predicted octanol–water partition coefficient (Wildman–Crippen LogP) is 3.97. The predicted molar refractivity (Wildman–Crippen MR) is 73.7 cm³/mol. The first-order chi connectivity index (χ1) is 8.69. The number of hydrogen-bond donors (Lipinski definition) is 0. The van der Waals surface area contributed by atoms with Gasteiger partial charge in [-0.1, -0.05) is 36.4 Å². The van der Waals surface area contributed by atoms with E-state index < -0.39 is 0 Å². The van der Waals surface area contributed by atoms with Gasteiger partial charge in [-0.3, -0.25) is 0 Å². The third-order valence-electron chi connectivity index (χ3n) is 2.61. The molecule has 0 aliphatic carbocycles. The van der Waals surface area contributed by atoms with Crippen LogP contribution in [0.15, 0.2) is 34.8 Å². The molecule has 1 aromatic carbocycles. The number of benzene rings is 1. The lowest BCUT2D eigenvalue weighted by atomic mass is 10.0. The number of allylic oxidation sites excluding steroid dienone is 2. The molecule has 0 saturated heterocycles. The minimum absolute atomic E-state index is 0.544. The molecule has 3 nitrogen and oxygen atoms in total. The maximum absolute atomic E-state index is 5.33. The highest BCUT2D eigenvalue weighted by Gasteiger charge is 2.01. The smallest absolute Gasteiger partial charge is 0.240 e. The Bertz CT molecular complexity index is 577. The fraction of sp³-hybridized carbons (Fsp3) is 0.200. The van der Waals surface area contributed by atoms with Crippen LogP contribution in [0, 0.1) is 6.92 Å². The zero-order valence-electron chi connectivity index (χ0n) is 10.8. The summed E-state index contributed by atoms with van der Waals surface area (Å²) in [7, 11) is 0. The van der Waals surface area contributed by atoms with Crippen LogP contribution in [0.4, 0.5) is 0 Å². The van der Waals surface area contributed by atoms with Crippen molar-refractivity contribution in [3.63, 3.8) is 0 Å². The van der Waals surface area contributed by atoms with Crippen LogP contribution in [-0.2, 0) is 0 Å². The maximum atomic E-state index is 5.33. The Balaban J connectivity index is 2.23. The molecule has 0 radical (unpaired) electrons.